The van der Waals surface area contributed by atoms with Gasteiger partial charge in [0.1, 0.15) is 0 Å². The van der Waals surface area contributed by atoms with Crippen molar-refractivity contribution in [3.8, 4) is 0 Å². The Morgan fingerprint density at radius 1 is 0.878 bits per heavy atom. The zero-order valence-electron chi connectivity index (χ0n) is 22.5. The van der Waals surface area contributed by atoms with Crippen LogP contribution in [0.3, 0.4) is 0 Å². The molecule has 208 valence electrons. The second-order valence-corrected chi connectivity index (χ2v) is 10.2. The lowest BCUT2D eigenvalue weighted by molar-refractivity contribution is -0.252. The number of benzene rings is 4. The van der Waals surface area contributed by atoms with Gasteiger partial charge in [-0.1, -0.05) is 78.9 Å². The fourth-order valence-electron chi connectivity index (χ4n) is 5.12. The van der Waals surface area contributed by atoms with E-state index in [9.17, 15) is 9.90 Å². The molecule has 0 unspecified atom stereocenters. The number of anilines is 1. The van der Waals surface area contributed by atoms with E-state index >= 15 is 0 Å². The van der Waals surface area contributed by atoms with Crippen LogP contribution in [0.5, 0.6) is 0 Å². The van der Waals surface area contributed by atoms with Gasteiger partial charge < -0.3 is 29.8 Å². The van der Waals surface area contributed by atoms with Crippen molar-refractivity contribution in [3.63, 3.8) is 0 Å². The molecule has 1 aliphatic rings. The van der Waals surface area contributed by atoms with Crippen molar-refractivity contribution < 1.29 is 19.4 Å². The van der Waals surface area contributed by atoms with Crippen LogP contribution in [-0.2, 0) is 29.2 Å². The van der Waals surface area contributed by atoms with Crippen molar-refractivity contribution in [1.82, 2.24) is 14.9 Å². The van der Waals surface area contributed by atoms with Gasteiger partial charge in [-0.05, 0) is 41.0 Å². The minimum atomic E-state index is -0.639. The summed E-state index contributed by atoms with van der Waals surface area (Å²) in [5, 5.41) is 15.3. The van der Waals surface area contributed by atoms with Crippen LogP contribution in [0, 0.1) is 0 Å². The van der Waals surface area contributed by atoms with E-state index in [0.29, 0.717) is 25.2 Å². The summed E-state index contributed by atoms with van der Waals surface area (Å²) in [6.45, 7) is 1.04. The number of carbonyl (C=O) groups is 1. The molecule has 0 bridgehead atoms. The van der Waals surface area contributed by atoms with E-state index < -0.39 is 6.29 Å². The quantitative estimate of drug-likeness (QED) is 0.218. The molecule has 6 rings (SSSR count). The summed E-state index contributed by atoms with van der Waals surface area (Å²) in [7, 11) is 0. The van der Waals surface area contributed by atoms with Gasteiger partial charge in [-0.15, -0.1) is 0 Å². The number of carbonyl (C=O) groups excluding carboxylic acids is 1. The number of ether oxygens (including phenoxy) is 2. The molecule has 5 aromatic rings. The molecule has 0 radical (unpaired) electrons. The van der Waals surface area contributed by atoms with Crippen molar-refractivity contribution in [1.29, 1.82) is 0 Å². The third kappa shape index (κ3) is 6.47. The van der Waals surface area contributed by atoms with Gasteiger partial charge in [0.15, 0.2) is 6.29 Å². The van der Waals surface area contributed by atoms with Crippen molar-refractivity contribution in [3.05, 3.63) is 132 Å². The maximum atomic E-state index is 12.6. The SMILES string of the molecule is O=C(NCc1ccccc1)Nc1cccc([C@H]2O[C@@H](Cn3cnc4ccccc43)C[C@@H](c3ccc(CO)cc3)O2)c1. The van der Waals surface area contributed by atoms with Gasteiger partial charge in [0.25, 0.3) is 0 Å². The van der Waals surface area contributed by atoms with Crippen LogP contribution in [0.1, 0.15) is 41.1 Å². The highest BCUT2D eigenvalue weighted by atomic mass is 16.7. The van der Waals surface area contributed by atoms with Crippen molar-refractivity contribution in [2.75, 3.05) is 5.32 Å². The van der Waals surface area contributed by atoms with E-state index in [-0.39, 0.29) is 24.8 Å². The fraction of sp³-hybridized carbons (Fsp3) is 0.212. The monoisotopic (exact) mass is 548 g/mol. The predicted octanol–water partition coefficient (Wildman–Crippen LogP) is 6.10. The number of aromatic nitrogens is 2. The van der Waals surface area contributed by atoms with E-state index in [4.69, 9.17) is 9.47 Å². The van der Waals surface area contributed by atoms with Crippen LogP contribution in [0.25, 0.3) is 11.0 Å². The smallest absolute Gasteiger partial charge is 0.319 e. The first kappa shape index (κ1) is 26.7. The summed E-state index contributed by atoms with van der Waals surface area (Å²) < 4.78 is 15.1. The molecule has 1 aliphatic heterocycles. The molecule has 3 N–H and O–H groups in total. The van der Waals surface area contributed by atoms with E-state index in [1.54, 1.807) is 0 Å². The van der Waals surface area contributed by atoms with Crippen LogP contribution >= 0.6 is 0 Å². The number of para-hydroxylation sites is 2. The maximum Gasteiger partial charge on any atom is 0.319 e. The molecular weight excluding hydrogens is 516 g/mol. The molecule has 2 amide bonds. The summed E-state index contributed by atoms with van der Waals surface area (Å²) in [5.41, 5.74) is 6.34. The zero-order chi connectivity index (χ0) is 28.0. The molecule has 0 aliphatic carbocycles. The third-order valence-corrected chi connectivity index (χ3v) is 7.26. The highest BCUT2D eigenvalue weighted by Gasteiger charge is 2.32. The number of hydrogen-bond acceptors (Lipinski definition) is 5. The Bertz CT molecular complexity index is 1600. The maximum absolute atomic E-state index is 12.6. The van der Waals surface area contributed by atoms with Crippen molar-refractivity contribution in [2.24, 2.45) is 0 Å². The van der Waals surface area contributed by atoms with Gasteiger partial charge in [-0.25, -0.2) is 9.78 Å². The molecule has 1 aromatic heterocycles. The number of amides is 2. The molecule has 8 nitrogen and oxygen atoms in total. The highest BCUT2D eigenvalue weighted by Crippen LogP contribution is 2.39. The first-order chi connectivity index (χ1) is 20.1. The lowest BCUT2D eigenvalue weighted by Gasteiger charge is -2.36. The van der Waals surface area contributed by atoms with Crippen molar-refractivity contribution >= 4 is 22.8 Å². The summed E-state index contributed by atoms with van der Waals surface area (Å²) in [4.78, 5) is 17.1. The number of aliphatic hydroxyl groups is 1. The lowest BCUT2D eigenvalue weighted by atomic mass is 10.00. The molecule has 3 atom stereocenters. The standard InChI is InChI=1S/C33H32N4O4/c38-21-24-13-15-25(16-14-24)31-18-28(20-37-22-35-29-11-4-5-12-30(29)37)40-32(41-31)26-9-6-10-27(17-26)36-33(39)34-19-23-7-2-1-3-8-23/h1-17,22,28,31-32,38H,18-21H2,(H2,34,36,39)/t28-,31+,32+/m1/s1. The normalized spacial score (nSPS) is 18.7. The topological polar surface area (TPSA) is 97.6 Å². The molecule has 8 heteroatoms. The molecule has 4 aromatic carbocycles. The molecule has 2 heterocycles. The summed E-state index contributed by atoms with van der Waals surface area (Å²) in [6.07, 6.45) is 1.50. The molecule has 0 saturated carbocycles. The van der Waals surface area contributed by atoms with Gasteiger partial charge >= 0.3 is 6.03 Å². The number of nitrogens with one attached hydrogen (secondary N) is 2. The van der Waals surface area contributed by atoms with E-state index in [1.807, 2.05) is 103 Å². The minimum Gasteiger partial charge on any atom is -0.392 e. The zero-order valence-corrected chi connectivity index (χ0v) is 22.5. The second-order valence-electron chi connectivity index (χ2n) is 10.2. The Hall–Kier alpha value is -4.50. The van der Waals surface area contributed by atoms with Crippen LogP contribution < -0.4 is 10.6 Å². The predicted molar refractivity (Wildman–Crippen MR) is 157 cm³/mol. The summed E-state index contributed by atoms with van der Waals surface area (Å²) in [6, 6.07) is 32.9. The first-order valence-electron chi connectivity index (χ1n) is 13.7. The second kappa shape index (κ2) is 12.3. The minimum absolute atomic E-state index is 0.00735. The highest BCUT2D eigenvalue weighted by molar-refractivity contribution is 5.89. The summed E-state index contributed by atoms with van der Waals surface area (Å²) in [5.74, 6) is 0. The average Bonchev–Trinajstić information content (AvgIpc) is 3.43. The van der Waals surface area contributed by atoms with Crippen LogP contribution in [0.4, 0.5) is 10.5 Å². The number of urea groups is 1. The Kier molecular flexibility index (Phi) is 8.04. The fourth-order valence-corrected chi connectivity index (χ4v) is 5.12. The number of fused-ring (bicyclic) bond motifs is 1. The Morgan fingerprint density at radius 2 is 1.68 bits per heavy atom. The number of nitrogens with zero attached hydrogens (tertiary/aromatic N) is 2. The number of hydrogen-bond donors (Lipinski definition) is 3. The van der Waals surface area contributed by atoms with Gasteiger partial charge in [0.05, 0.1) is 42.7 Å². The van der Waals surface area contributed by atoms with Crippen LogP contribution in [0.15, 0.2) is 109 Å². The summed E-state index contributed by atoms with van der Waals surface area (Å²) >= 11 is 0. The van der Waals surface area contributed by atoms with E-state index in [0.717, 1.165) is 33.3 Å². The lowest BCUT2D eigenvalue weighted by Crippen LogP contribution is -2.32. The number of rotatable bonds is 8. The van der Waals surface area contributed by atoms with Gasteiger partial charge in [-0.2, -0.15) is 0 Å². The first-order valence-corrected chi connectivity index (χ1v) is 13.7. The molecule has 1 saturated heterocycles. The average molecular weight is 549 g/mol. The number of aliphatic hydroxyl groups excluding tert-OH is 1. The van der Waals surface area contributed by atoms with E-state index in [1.165, 1.54) is 0 Å². The molecule has 41 heavy (non-hydrogen) atoms. The third-order valence-electron chi connectivity index (χ3n) is 7.26. The van der Waals surface area contributed by atoms with Crippen LogP contribution in [-0.4, -0.2) is 26.8 Å². The van der Waals surface area contributed by atoms with Gasteiger partial charge in [0, 0.05) is 24.2 Å². The molecular formula is C33H32N4O4. The van der Waals surface area contributed by atoms with E-state index in [2.05, 4.69) is 26.3 Å². The Labute approximate surface area is 238 Å². The van der Waals surface area contributed by atoms with Crippen LogP contribution in [0.2, 0.25) is 0 Å². The van der Waals surface area contributed by atoms with Gasteiger partial charge in [-0.3, -0.25) is 0 Å². The molecule has 0 spiro atoms. The molecule has 1 fully saturated rings. The Balaban J connectivity index is 1.20. The van der Waals surface area contributed by atoms with Gasteiger partial charge in [0.2, 0.25) is 0 Å². The Morgan fingerprint density at radius 3 is 2.51 bits per heavy atom. The largest absolute Gasteiger partial charge is 0.392 e. The van der Waals surface area contributed by atoms with Crippen molar-refractivity contribution in [2.45, 2.75) is 44.6 Å². The number of imidazole rings is 1.